The van der Waals surface area contributed by atoms with E-state index in [2.05, 4.69) is 42.9 Å². The third-order valence-corrected chi connectivity index (χ3v) is 8.85. The first kappa shape index (κ1) is 28.0. The van der Waals surface area contributed by atoms with Crippen molar-refractivity contribution in [3.63, 3.8) is 0 Å². The van der Waals surface area contributed by atoms with Gasteiger partial charge in [-0.05, 0) is 68.6 Å². The van der Waals surface area contributed by atoms with E-state index in [0.29, 0.717) is 40.7 Å². The van der Waals surface area contributed by atoms with Gasteiger partial charge in [0.05, 0.1) is 25.3 Å². The van der Waals surface area contributed by atoms with Gasteiger partial charge in [-0.1, -0.05) is 12.1 Å². The minimum atomic E-state index is -0.249. The number of amides is 1. The molecule has 3 heterocycles. The molecule has 6 rings (SSSR count). The van der Waals surface area contributed by atoms with E-state index in [1.807, 2.05) is 18.2 Å². The van der Waals surface area contributed by atoms with Crippen LogP contribution in [0.5, 0.6) is 11.5 Å². The molecule has 1 saturated carbocycles. The lowest BCUT2D eigenvalue weighted by atomic mass is 9.89. The van der Waals surface area contributed by atoms with Crippen LogP contribution in [0.15, 0.2) is 55.0 Å². The molecule has 0 spiro atoms. The normalized spacial score (nSPS) is 20.0. The molecule has 0 atom stereocenters. The van der Waals surface area contributed by atoms with E-state index in [1.165, 1.54) is 12.8 Å². The summed E-state index contributed by atoms with van der Waals surface area (Å²) in [5.41, 5.74) is 10.2. The summed E-state index contributed by atoms with van der Waals surface area (Å²) in [6, 6.07) is 13.8. The molecule has 3 N–H and O–H groups in total. The summed E-state index contributed by atoms with van der Waals surface area (Å²) < 4.78 is 13.3. The molecule has 1 aliphatic heterocycles. The van der Waals surface area contributed by atoms with Crippen molar-refractivity contribution in [1.82, 2.24) is 24.3 Å². The minimum Gasteiger partial charge on any atom is -0.497 e. The van der Waals surface area contributed by atoms with Crippen LogP contribution >= 0.6 is 0 Å². The Hall–Kier alpha value is -4.15. The lowest BCUT2D eigenvalue weighted by Crippen LogP contribution is -2.49. The molecular formula is C32H39N7O3. The zero-order valence-corrected chi connectivity index (χ0v) is 24.5. The first-order chi connectivity index (χ1) is 20.4. The van der Waals surface area contributed by atoms with Crippen LogP contribution in [0.4, 0.5) is 11.5 Å². The molecule has 2 aromatic carbocycles. The summed E-state index contributed by atoms with van der Waals surface area (Å²) >= 11 is 0. The van der Waals surface area contributed by atoms with Crippen LogP contribution in [-0.2, 0) is 0 Å². The van der Waals surface area contributed by atoms with Gasteiger partial charge in [0.15, 0.2) is 0 Å². The van der Waals surface area contributed by atoms with E-state index in [9.17, 15) is 4.79 Å². The largest absolute Gasteiger partial charge is 0.497 e. The van der Waals surface area contributed by atoms with Crippen molar-refractivity contribution >= 4 is 28.4 Å². The van der Waals surface area contributed by atoms with E-state index in [1.54, 1.807) is 44.8 Å². The number of ether oxygens (including phenoxy) is 2. The van der Waals surface area contributed by atoms with Crippen LogP contribution in [0, 0.1) is 0 Å². The Morgan fingerprint density at radius 2 is 1.71 bits per heavy atom. The number of aromatic nitrogens is 3. The number of fused-ring (bicyclic) bond motifs is 1. The quantitative estimate of drug-likeness (QED) is 0.330. The fraction of sp³-hybridized carbons (Fsp3) is 0.406. The molecule has 42 heavy (non-hydrogen) atoms. The van der Waals surface area contributed by atoms with Crippen molar-refractivity contribution in [3.05, 3.63) is 60.6 Å². The number of anilines is 2. The van der Waals surface area contributed by atoms with Gasteiger partial charge in [0.1, 0.15) is 29.3 Å². The molecule has 0 unspecified atom stereocenters. The summed E-state index contributed by atoms with van der Waals surface area (Å²) in [4.78, 5) is 27.1. The number of nitrogens with zero attached hydrogens (tertiary/aromatic N) is 5. The van der Waals surface area contributed by atoms with Crippen molar-refractivity contribution in [3.8, 4) is 22.6 Å². The van der Waals surface area contributed by atoms with E-state index in [4.69, 9.17) is 15.2 Å². The average molecular weight is 570 g/mol. The predicted molar refractivity (Wildman–Crippen MR) is 165 cm³/mol. The van der Waals surface area contributed by atoms with Gasteiger partial charge in [-0.2, -0.15) is 0 Å². The van der Waals surface area contributed by atoms with Crippen LogP contribution in [0.25, 0.3) is 22.2 Å². The molecule has 4 aromatic rings. The molecule has 0 radical (unpaired) electrons. The van der Waals surface area contributed by atoms with Gasteiger partial charge in [0.25, 0.3) is 5.91 Å². The van der Waals surface area contributed by atoms with Gasteiger partial charge in [-0.15, -0.1) is 0 Å². The second kappa shape index (κ2) is 12.0. The number of methoxy groups -OCH3 is 2. The number of nitrogens with two attached hydrogens (primary N) is 1. The number of rotatable bonds is 7. The molecule has 10 heteroatoms. The molecule has 1 amide bonds. The highest BCUT2D eigenvalue weighted by atomic mass is 16.5. The van der Waals surface area contributed by atoms with Crippen molar-refractivity contribution in [2.75, 3.05) is 58.5 Å². The molecule has 2 aromatic heterocycles. The van der Waals surface area contributed by atoms with E-state index in [0.717, 1.165) is 61.2 Å². The number of piperazine rings is 1. The van der Waals surface area contributed by atoms with Crippen LogP contribution in [-0.4, -0.2) is 83.7 Å². The third-order valence-electron chi connectivity index (χ3n) is 8.85. The maximum atomic E-state index is 13.0. The number of benzene rings is 2. The zero-order chi connectivity index (χ0) is 29.2. The summed E-state index contributed by atoms with van der Waals surface area (Å²) in [6.07, 6.45) is 8.27. The third kappa shape index (κ3) is 5.52. The smallest absolute Gasteiger partial charge is 0.255 e. The Kier molecular flexibility index (Phi) is 7.99. The Labute approximate surface area is 246 Å². The second-order valence-corrected chi connectivity index (χ2v) is 11.3. The van der Waals surface area contributed by atoms with Crippen LogP contribution in [0.3, 0.4) is 0 Å². The first-order valence-electron chi connectivity index (χ1n) is 14.6. The molecule has 2 aliphatic rings. The summed E-state index contributed by atoms with van der Waals surface area (Å²) in [5, 5.41) is 3.81. The fourth-order valence-corrected chi connectivity index (χ4v) is 6.42. The monoisotopic (exact) mass is 569 g/mol. The topological polar surface area (TPSA) is 111 Å². The highest BCUT2D eigenvalue weighted by molar-refractivity contribution is 6.06. The second-order valence-electron chi connectivity index (χ2n) is 11.3. The van der Waals surface area contributed by atoms with E-state index >= 15 is 0 Å². The Bertz CT molecular complexity index is 1570. The maximum Gasteiger partial charge on any atom is 0.255 e. The number of carbonyl (C=O) groups excluding carboxylic acids is 1. The predicted octanol–water partition coefficient (Wildman–Crippen LogP) is 4.68. The SMILES string of the molecule is COc1cccc(C(=O)Nc2ccc(-c3cn(C4CCC(N5CCN(C)CC5)CC4)c4ncnc(N)c34)cc2OC)c1. The maximum absolute atomic E-state index is 13.0. The molecule has 10 nitrogen and oxygen atoms in total. The number of nitrogen functional groups attached to an aromatic ring is 1. The molecule has 1 saturated heterocycles. The summed E-state index contributed by atoms with van der Waals surface area (Å²) in [7, 11) is 5.38. The van der Waals surface area contributed by atoms with Gasteiger partial charge in [0, 0.05) is 55.6 Å². The van der Waals surface area contributed by atoms with Gasteiger partial charge in [-0.3, -0.25) is 9.69 Å². The first-order valence-corrected chi connectivity index (χ1v) is 14.6. The number of carbonyl (C=O) groups is 1. The minimum absolute atomic E-state index is 0.249. The van der Waals surface area contributed by atoms with Gasteiger partial charge in [0.2, 0.25) is 0 Å². The number of nitrogens with one attached hydrogen (secondary N) is 1. The van der Waals surface area contributed by atoms with Crippen molar-refractivity contribution in [2.45, 2.75) is 37.8 Å². The van der Waals surface area contributed by atoms with Gasteiger partial charge >= 0.3 is 0 Å². The van der Waals surface area contributed by atoms with Crippen LogP contribution < -0.4 is 20.5 Å². The molecule has 220 valence electrons. The van der Waals surface area contributed by atoms with Crippen LogP contribution in [0.1, 0.15) is 42.1 Å². The van der Waals surface area contributed by atoms with E-state index in [-0.39, 0.29) is 5.91 Å². The number of hydrogen-bond donors (Lipinski definition) is 2. The van der Waals surface area contributed by atoms with Crippen LogP contribution in [0.2, 0.25) is 0 Å². The molecule has 2 fully saturated rings. The van der Waals surface area contributed by atoms with E-state index < -0.39 is 0 Å². The molecule has 0 bridgehead atoms. The Balaban J connectivity index is 1.26. The lowest BCUT2D eigenvalue weighted by Gasteiger charge is -2.41. The average Bonchev–Trinajstić information content (AvgIpc) is 3.43. The highest BCUT2D eigenvalue weighted by Crippen LogP contribution is 2.40. The number of hydrogen-bond acceptors (Lipinski definition) is 8. The summed E-state index contributed by atoms with van der Waals surface area (Å²) in [5.74, 6) is 1.37. The lowest BCUT2D eigenvalue weighted by molar-refractivity contribution is 0.0828. The highest BCUT2D eigenvalue weighted by Gasteiger charge is 2.30. The van der Waals surface area contributed by atoms with Crippen molar-refractivity contribution < 1.29 is 14.3 Å². The fourth-order valence-electron chi connectivity index (χ4n) is 6.42. The van der Waals surface area contributed by atoms with Crippen molar-refractivity contribution in [1.29, 1.82) is 0 Å². The van der Waals surface area contributed by atoms with Crippen molar-refractivity contribution in [2.24, 2.45) is 0 Å². The number of likely N-dealkylation sites (N-methyl/N-ethyl adjacent to an activating group) is 1. The zero-order valence-electron chi connectivity index (χ0n) is 24.5. The van der Waals surface area contributed by atoms with Gasteiger partial charge in [-0.25, -0.2) is 9.97 Å². The Morgan fingerprint density at radius 1 is 0.952 bits per heavy atom. The molecular weight excluding hydrogens is 530 g/mol. The Morgan fingerprint density at radius 3 is 2.45 bits per heavy atom. The van der Waals surface area contributed by atoms with Gasteiger partial charge < -0.3 is 30.0 Å². The summed E-state index contributed by atoms with van der Waals surface area (Å²) in [6.45, 7) is 4.61. The molecule has 1 aliphatic carbocycles. The standard InChI is InChI=1S/C32H39N7O3/c1-37-13-15-38(16-14-37)23-8-10-24(11-9-23)39-19-26(29-30(33)34-20-35-31(29)39)21-7-12-27(28(18-21)42-3)36-32(40)22-5-4-6-25(17-22)41-2/h4-7,12,17-20,23-24H,8-11,13-16H2,1-3H3,(H,36,40)(H2,33,34,35).